The zero-order chi connectivity index (χ0) is 15.5. The second kappa shape index (κ2) is 6.25. The number of aryl methyl sites for hydroxylation is 1. The zero-order valence-electron chi connectivity index (χ0n) is 11.2. The van der Waals surface area contributed by atoms with Crippen molar-refractivity contribution in [3.8, 4) is 0 Å². The van der Waals surface area contributed by atoms with Crippen molar-refractivity contribution in [2.45, 2.75) is 25.0 Å². The molecule has 0 amide bonds. The van der Waals surface area contributed by atoms with E-state index >= 15 is 0 Å². The second-order valence-corrected chi connectivity index (χ2v) is 6.10. The van der Waals surface area contributed by atoms with Gasteiger partial charge in [-0.25, -0.2) is 27.5 Å². The molecule has 0 aliphatic carbocycles. The Kier molecular flexibility index (Phi) is 4.61. The predicted molar refractivity (Wildman–Crippen MR) is 73.1 cm³/mol. The average molecular weight is 311 g/mol. The number of sulfonamides is 1. The van der Waals surface area contributed by atoms with E-state index in [0.29, 0.717) is 11.5 Å². The van der Waals surface area contributed by atoms with Crippen LogP contribution >= 0.6 is 0 Å². The van der Waals surface area contributed by atoms with E-state index in [-0.39, 0.29) is 17.0 Å². The molecule has 1 aromatic carbocycles. The van der Waals surface area contributed by atoms with Crippen LogP contribution in [0.25, 0.3) is 0 Å². The normalized spacial score (nSPS) is 11.6. The van der Waals surface area contributed by atoms with E-state index in [4.69, 9.17) is 5.11 Å². The minimum absolute atomic E-state index is 0.00245. The van der Waals surface area contributed by atoms with Gasteiger partial charge < -0.3 is 5.11 Å². The Labute approximate surface area is 121 Å². The van der Waals surface area contributed by atoms with E-state index in [1.54, 1.807) is 13.0 Å². The fourth-order valence-corrected chi connectivity index (χ4v) is 2.74. The summed E-state index contributed by atoms with van der Waals surface area (Å²) in [5, 5.41) is 8.97. The molecule has 1 heterocycles. The van der Waals surface area contributed by atoms with Crippen LogP contribution in [0.1, 0.15) is 17.1 Å². The Morgan fingerprint density at radius 2 is 2.10 bits per heavy atom. The van der Waals surface area contributed by atoms with Crippen LogP contribution in [-0.2, 0) is 23.2 Å². The maximum atomic E-state index is 13.3. The number of hydrogen-bond donors (Lipinski definition) is 2. The van der Waals surface area contributed by atoms with Gasteiger partial charge in [0.1, 0.15) is 11.6 Å². The van der Waals surface area contributed by atoms with Crippen molar-refractivity contribution < 1.29 is 17.9 Å². The smallest absolute Gasteiger partial charge is 0.240 e. The SMILES string of the molecule is Cc1nccc(CNS(=O)(=O)c2ccc(F)c(CO)c2)n1. The van der Waals surface area contributed by atoms with Crippen molar-refractivity contribution in [3.63, 3.8) is 0 Å². The molecule has 2 rings (SSSR count). The molecule has 1 aromatic heterocycles. The van der Waals surface area contributed by atoms with Crippen LogP contribution in [0, 0.1) is 12.7 Å². The third-order valence-corrected chi connectivity index (χ3v) is 4.17. The van der Waals surface area contributed by atoms with Crippen molar-refractivity contribution in [2.24, 2.45) is 0 Å². The fraction of sp³-hybridized carbons (Fsp3) is 0.231. The van der Waals surface area contributed by atoms with Crippen LogP contribution in [0.3, 0.4) is 0 Å². The van der Waals surface area contributed by atoms with Gasteiger partial charge in [-0.2, -0.15) is 0 Å². The number of aromatic nitrogens is 2. The van der Waals surface area contributed by atoms with Gasteiger partial charge in [-0.1, -0.05) is 0 Å². The Morgan fingerprint density at radius 1 is 1.33 bits per heavy atom. The van der Waals surface area contributed by atoms with Crippen molar-refractivity contribution in [3.05, 3.63) is 53.4 Å². The molecule has 6 nitrogen and oxygen atoms in total. The van der Waals surface area contributed by atoms with E-state index in [0.717, 1.165) is 18.2 Å². The van der Waals surface area contributed by atoms with Gasteiger partial charge in [-0.15, -0.1) is 0 Å². The summed E-state index contributed by atoms with van der Waals surface area (Å²) in [4.78, 5) is 7.88. The number of benzene rings is 1. The number of aliphatic hydroxyl groups excluding tert-OH is 1. The first kappa shape index (κ1) is 15.5. The van der Waals surface area contributed by atoms with Crippen LogP contribution in [-0.4, -0.2) is 23.5 Å². The van der Waals surface area contributed by atoms with Gasteiger partial charge in [0, 0.05) is 11.8 Å². The van der Waals surface area contributed by atoms with Crippen LogP contribution in [0.15, 0.2) is 35.4 Å². The summed E-state index contributed by atoms with van der Waals surface area (Å²) >= 11 is 0. The van der Waals surface area contributed by atoms with Crippen LogP contribution in [0.2, 0.25) is 0 Å². The highest BCUT2D eigenvalue weighted by atomic mass is 32.2. The molecule has 2 aromatic rings. The highest BCUT2D eigenvalue weighted by Crippen LogP contribution is 2.15. The van der Waals surface area contributed by atoms with Crippen molar-refractivity contribution in [2.75, 3.05) is 0 Å². The molecule has 0 aliphatic rings. The molecule has 0 spiro atoms. The number of aliphatic hydroxyl groups is 1. The Morgan fingerprint density at radius 3 is 2.76 bits per heavy atom. The summed E-state index contributed by atoms with van der Waals surface area (Å²) in [6, 6.07) is 4.85. The lowest BCUT2D eigenvalue weighted by Gasteiger charge is -2.08. The van der Waals surface area contributed by atoms with Gasteiger partial charge >= 0.3 is 0 Å². The number of hydrogen-bond acceptors (Lipinski definition) is 5. The number of nitrogens with one attached hydrogen (secondary N) is 1. The minimum atomic E-state index is -3.81. The molecule has 0 aliphatic heterocycles. The summed E-state index contributed by atoms with van der Waals surface area (Å²) in [6.45, 7) is 1.13. The van der Waals surface area contributed by atoms with Gasteiger partial charge in [-0.3, -0.25) is 0 Å². The molecule has 0 atom stereocenters. The highest BCUT2D eigenvalue weighted by Gasteiger charge is 2.16. The molecule has 0 unspecified atom stereocenters. The second-order valence-electron chi connectivity index (χ2n) is 4.33. The van der Waals surface area contributed by atoms with E-state index in [1.807, 2.05) is 0 Å². The third kappa shape index (κ3) is 3.81. The molecule has 2 N–H and O–H groups in total. The summed E-state index contributed by atoms with van der Waals surface area (Å²) < 4.78 is 39.9. The van der Waals surface area contributed by atoms with Crippen LogP contribution < -0.4 is 4.72 Å². The summed E-state index contributed by atoms with van der Waals surface area (Å²) in [7, 11) is -3.81. The molecular weight excluding hydrogens is 297 g/mol. The highest BCUT2D eigenvalue weighted by molar-refractivity contribution is 7.89. The van der Waals surface area contributed by atoms with Crippen molar-refractivity contribution >= 4 is 10.0 Å². The monoisotopic (exact) mass is 311 g/mol. The fourth-order valence-electron chi connectivity index (χ4n) is 1.70. The van der Waals surface area contributed by atoms with E-state index < -0.39 is 22.4 Å². The third-order valence-electron chi connectivity index (χ3n) is 2.77. The van der Waals surface area contributed by atoms with Gasteiger partial charge in [0.05, 0.1) is 23.7 Å². The molecule has 21 heavy (non-hydrogen) atoms. The number of halogens is 1. The van der Waals surface area contributed by atoms with E-state index in [9.17, 15) is 12.8 Å². The molecule has 112 valence electrons. The first-order chi connectivity index (χ1) is 9.92. The lowest BCUT2D eigenvalue weighted by molar-refractivity contribution is 0.275. The van der Waals surface area contributed by atoms with Crippen LogP contribution in [0.4, 0.5) is 4.39 Å². The largest absolute Gasteiger partial charge is 0.392 e. The molecule has 0 bridgehead atoms. The lowest BCUT2D eigenvalue weighted by atomic mass is 10.2. The summed E-state index contributed by atoms with van der Waals surface area (Å²) in [5.74, 6) is -0.112. The zero-order valence-corrected chi connectivity index (χ0v) is 12.1. The molecule has 8 heteroatoms. The standard InChI is InChI=1S/C13H14FN3O3S/c1-9-15-5-4-11(17-9)7-16-21(19,20)12-2-3-13(14)10(6-12)8-18/h2-6,16,18H,7-8H2,1H3. The van der Waals surface area contributed by atoms with Crippen LogP contribution in [0.5, 0.6) is 0 Å². The molecular formula is C13H14FN3O3S. The first-order valence-electron chi connectivity index (χ1n) is 6.10. The van der Waals surface area contributed by atoms with E-state index in [2.05, 4.69) is 14.7 Å². The predicted octanol–water partition coefficient (Wildman–Crippen LogP) is 0.895. The molecule has 0 fully saturated rings. The van der Waals surface area contributed by atoms with Gasteiger partial charge in [0.15, 0.2) is 0 Å². The van der Waals surface area contributed by atoms with Gasteiger partial charge in [0.2, 0.25) is 10.0 Å². The summed E-state index contributed by atoms with van der Waals surface area (Å²) in [6.07, 6.45) is 1.54. The first-order valence-corrected chi connectivity index (χ1v) is 7.58. The average Bonchev–Trinajstić information content (AvgIpc) is 2.46. The van der Waals surface area contributed by atoms with Gasteiger partial charge in [-0.05, 0) is 31.2 Å². The Bertz CT molecular complexity index is 750. The number of rotatable bonds is 5. The number of nitrogens with zero attached hydrogens (tertiary/aromatic N) is 2. The van der Waals surface area contributed by atoms with E-state index in [1.165, 1.54) is 6.20 Å². The Hall–Kier alpha value is -1.90. The maximum absolute atomic E-state index is 13.3. The van der Waals surface area contributed by atoms with Gasteiger partial charge in [0.25, 0.3) is 0 Å². The van der Waals surface area contributed by atoms with Crippen molar-refractivity contribution in [1.29, 1.82) is 0 Å². The summed E-state index contributed by atoms with van der Waals surface area (Å²) in [5.41, 5.74) is 0.450. The molecule has 0 radical (unpaired) electrons. The lowest BCUT2D eigenvalue weighted by Crippen LogP contribution is -2.24. The quantitative estimate of drug-likeness (QED) is 0.856. The Balaban J connectivity index is 2.18. The maximum Gasteiger partial charge on any atom is 0.240 e. The molecule has 0 saturated carbocycles. The molecule has 0 saturated heterocycles. The topological polar surface area (TPSA) is 92.2 Å². The van der Waals surface area contributed by atoms with Crippen molar-refractivity contribution in [1.82, 2.24) is 14.7 Å². The minimum Gasteiger partial charge on any atom is -0.392 e.